The molecule has 1 rings (SSSR count). The molecule has 0 aromatic carbocycles. The minimum Gasteiger partial charge on any atom is -0.480 e. The lowest BCUT2D eigenvalue weighted by atomic mass is 9.90. The maximum atomic E-state index is 12.1. The second-order valence-corrected chi connectivity index (χ2v) is 4.83. The summed E-state index contributed by atoms with van der Waals surface area (Å²) < 4.78 is 0. The van der Waals surface area contributed by atoms with E-state index in [0.717, 1.165) is 6.54 Å². The molecule has 0 aliphatic carbocycles. The molecule has 17 heavy (non-hydrogen) atoms. The first-order valence-corrected chi connectivity index (χ1v) is 6.23. The Bertz CT molecular complexity index is 300. The zero-order valence-electron chi connectivity index (χ0n) is 10.7. The van der Waals surface area contributed by atoms with Gasteiger partial charge < -0.3 is 15.7 Å². The van der Waals surface area contributed by atoms with Crippen LogP contribution < -0.4 is 10.6 Å². The second-order valence-electron chi connectivity index (χ2n) is 4.83. The standard InChI is InChI=1S/C12H22N2O3/c1-4-12(5-2,11(16)17)14-10(15)9-7-13-6-8(9)3/h8-9,13H,4-7H2,1-3H3,(H,14,15)(H,16,17). The van der Waals surface area contributed by atoms with Gasteiger partial charge in [-0.1, -0.05) is 20.8 Å². The molecule has 2 unspecified atom stereocenters. The molecule has 5 heteroatoms. The van der Waals surface area contributed by atoms with E-state index in [9.17, 15) is 14.7 Å². The molecule has 0 aromatic heterocycles. The fourth-order valence-corrected chi connectivity index (χ4v) is 2.27. The maximum absolute atomic E-state index is 12.1. The molecule has 1 aliphatic heterocycles. The van der Waals surface area contributed by atoms with Gasteiger partial charge in [0.05, 0.1) is 5.92 Å². The highest BCUT2D eigenvalue weighted by Gasteiger charge is 2.39. The second kappa shape index (κ2) is 5.49. The van der Waals surface area contributed by atoms with E-state index < -0.39 is 11.5 Å². The Hall–Kier alpha value is -1.10. The number of nitrogens with one attached hydrogen (secondary N) is 2. The van der Waals surface area contributed by atoms with Crippen molar-refractivity contribution in [2.75, 3.05) is 13.1 Å². The highest BCUT2D eigenvalue weighted by atomic mass is 16.4. The van der Waals surface area contributed by atoms with Crippen molar-refractivity contribution in [3.63, 3.8) is 0 Å². The minimum atomic E-state index is -1.11. The smallest absolute Gasteiger partial charge is 0.329 e. The number of hydrogen-bond donors (Lipinski definition) is 3. The van der Waals surface area contributed by atoms with Crippen molar-refractivity contribution in [1.82, 2.24) is 10.6 Å². The van der Waals surface area contributed by atoms with E-state index in [-0.39, 0.29) is 17.7 Å². The number of carboxylic acids is 1. The Morgan fingerprint density at radius 3 is 2.29 bits per heavy atom. The third kappa shape index (κ3) is 2.77. The number of amides is 1. The third-order valence-electron chi connectivity index (χ3n) is 3.83. The summed E-state index contributed by atoms with van der Waals surface area (Å²) in [4.78, 5) is 23.4. The van der Waals surface area contributed by atoms with Gasteiger partial charge in [-0.3, -0.25) is 4.79 Å². The molecule has 98 valence electrons. The van der Waals surface area contributed by atoms with Crippen molar-refractivity contribution in [3.05, 3.63) is 0 Å². The first-order valence-electron chi connectivity index (χ1n) is 6.23. The number of carbonyl (C=O) groups excluding carboxylic acids is 1. The summed E-state index contributed by atoms with van der Waals surface area (Å²) >= 11 is 0. The summed E-state index contributed by atoms with van der Waals surface area (Å²) in [5.41, 5.74) is -1.11. The van der Waals surface area contributed by atoms with Crippen molar-refractivity contribution in [1.29, 1.82) is 0 Å². The van der Waals surface area contributed by atoms with E-state index in [1.54, 1.807) is 13.8 Å². The fourth-order valence-electron chi connectivity index (χ4n) is 2.27. The summed E-state index contributed by atoms with van der Waals surface area (Å²) in [6, 6.07) is 0. The quantitative estimate of drug-likeness (QED) is 0.659. The van der Waals surface area contributed by atoms with Gasteiger partial charge in [0.1, 0.15) is 5.54 Å². The molecular weight excluding hydrogens is 220 g/mol. The van der Waals surface area contributed by atoms with Crippen LogP contribution in [-0.2, 0) is 9.59 Å². The van der Waals surface area contributed by atoms with Gasteiger partial charge in [0.15, 0.2) is 0 Å². The largest absolute Gasteiger partial charge is 0.480 e. The molecule has 1 fully saturated rings. The Balaban J connectivity index is 2.74. The van der Waals surface area contributed by atoms with E-state index in [1.165, 1.54) is 0 Å². The molecule has 0 aromatic rings. The Kier molecular flexibility index (Phi) is 4.51. The van der Waals surface area contributed by atoms with E-state index in [1.807, 2.05) is 6.92 Å². The van der Waals surface area contributed by atoms with Crippen molar-refractivity contribution in [3.8, 4) is 0 Å². The summed E-state index contributed by atoms with van der Waals surface area (Å²) in [7, 11) is 0. The Morgan fingerprint density at radius 1 is 1.35 bits per heavy atom. The van der Waals surface area contributed by atoms with E-state index in [0.29, 0.717) is 19.4 Å². The zero-order chi connectivity index (χ0) is 13.1. The average molecular weight is 242 g/mol. The SMILES string of the molecule is CCC(CC)(NC(=O)C1CNCC1C)C(=O)O. The Labute approximate surface area is 102 Å². The zero-order valence-corrected chi connectivity index (χ0v) is 10.7. The number of carbonyl (C=O) groups is 2. The average Bonchev–Trinajstić information content (AvgIpc) is 2.72. The molecule has 0 saturated carbocycles. The molecule has 1 aliphatic rings. The van der Waals surface area contributed by atoms with Crippen LogP contribution in [0.2, 0.25) is 0 Å². The van der Waals surface area contributed by atoms with Crippen molar-refractivity contribution >= 4 is 11.9 Å². The lowest BCUT2D eigenvalue weighted by molar-refractivity contribution is -0.148. The molecule has 0 bridgehead atoms. The van der Waals surface area contributed by atoms with Gasteiger partial charge in [-0.15, -0.1) is 0 Å². The molecule has 5 nitrogen and oxygen atoms in total. The Morgan fingerprint density at radius 2 is 1.94 bits per heavy atom. The molecular formula is C12H22N2O3. The first-order chi connectivity index (χ1) is 7.96. The predicted octanol–water partition coefficient (Wildman–Crippen LogP) is 0.601. The highest BCUT2D eigenvalue weighted by molar-refractivity contribution is 5.88. The lowest BCUT2D eigenvalue weighted by Crippen LogP contribution is -2.55. The third-order valence-corrected chi connectivity index (χ3v) is 3.83. The molecule has 0 radical (unpaired) electrons. The van der Waals surface area contributed by atoms with Crippen LogP contribution in [0.5, 0.6) is 0 Å². The number of carboxylic acid groups (broad SMARTS) is 1. The van der Waals surface area contributed by atoms with Gasteiger partial charge in [0.2, 0.25) is 5.91 Å². The molecule has 3 N–H and O–H groups in total. The van der Waals surface area contributed by atoms with Gasteiger partial charge in [0, 0.05) is 6.54 Å². The van der Waals surface area contributed by atoms with E-state index in [2.05, 4.69) is 10.6 Å². The van der Waals surface area contributed by atoms with Gasteiger partial charge in [-0.2, -0.15) is 0 Å². The fraction of sp³-hybridized carbons (Fsp3) is 0.833. The number of rotatable bonds is 5. The molecule has 1 saturated heterocycles. The van der Waals surface area contributed by atoms with E-state index >= 15 is 0 Å². The van der Waals surface area contributed by atoms with Crippen LogP contribution in [0.4, 0.5) is 0 Å². The summed E-state index contributed by atoms with van der Waals surface area (Å²) in [5.74, 6) is -0.954. The van der Waals surface area contributed by atoms with Gasteiger partial charge in [0.25, 0.3) is 0 Å². The van der Waals surface area contributed by atoms with Crippen molar-refractivity contribution < 1.29 is 14.7 Å². The highest BCUT2D eigenvalue weighted by Crippen LogP contribution is 2.20. The molecule has 1 heterocycles. The minimum absolute atomic E-state index is 0.119. The molecule has 2 atom stereocenters. The summed E-state index contributed by atoms with van der Waals surface area (Å²) in [6.45, 7) is 7.03. The van der Waals surface area contributed by atoms with Crippen LogP contribution in [0.1, 0.15) is 33.6 Å². The monoisotopic (exact) mass is 242 g/mol. The van der Waals surface area contributed by atoms with Crippen LogP contribution >= 0.6 is 0 Å². The normalized spacial score (nSPS) is 24.6. The van der Waals surface area contributed by atoms with Crippen molar-refractivity contribution in [2.24, 2.45) is 11.8 Å². The van der Waals surface area contributed by atoms with Crippen LogP contribution in [0.3, 0.4) is 0 Å². The van der Waals surface area contributed by atoms with Gasteiger partial charge >= 0.3 is 5.97 Å². The number of hydrogen-bond acceptors (Lipinski definition) is 3. The maximum Gasteiger partial charge on any atom is 0.329 e. The lowest BCUT2D eigenvalue weighted by Gasteiger charge is -2.30. The predicted molar refractivity (Wildman–Crippen MR) is 64.6 cm³/mol. The van der Waals surface area contributed by atoms with Crippen LogP contribution in [-0.4, -0.2) is 35.6 Å². The summed E-state index contributed by atoms with van der Waals surface area (Å²) in [5, 5.41) is 15.1. The first kappa shape index (κ1) is 14.0. The van der Waals surface area contributed by atoms with Gasteiger partial charge in [-0.25, -0.2) is 4.79 Å². The van der Waals surface area contributed by atoms with Crippen LogP contribution in [0.15, 0.2) is 0 Å². The summed E-state index contributed by atoms with van der Waals surface area (Å²) in [6.07, 6.45) is 0.804. The van der Waals surface area contributed by atoms with Gasteiger partial charge in [-0.05, 0) is 25.3 Å². The number of aliphatic carboxylic acids is 1. The van der Waals surface area contributed by atoms with Crippen molar-refractivity contribution in [2.45, 2.75) is 39.2 Å². The molecule has 1 amide bonds. The van der Waals surface area contributed by atoms with Crippen LogP contribution in [0, 0.1) is 11.8 Å². The van der Waals surface area contributed by atoms with Crippen LogP contribution in [0.25, 0.3) is 0 Å². The van der Waals surface area contributed by atoms with E-state index in [4.69, 9.17) is 0 Å². The molecule has 0 spiro atoms. The topological polar surface area (TPSA) is 78.4 Å².